The second-order valence-electron chi connectivity index (χ2n) is 4.38. The molecular weight excluding hydrogens is 176 g/mol. The fourth-order valence-corrected chi connectivity index (χ4v) is 2.21. The normalized spacial score (nSPS) is 23.0. The summed E-state index contributed by atoms with van der Waals surface area (Å²) >= 11 is 0. The van der Waals surface area contributed by atoms with Gasteiger partial charge in [0.25, 0.3) is 0 Å². The Morgan fingerprint density at radius 1 is 1.21 bits per heavy atom. The fraction of sp³-hybridized carbons (Fsp3) is 0.833. The minimum absolute atomic E-state index is 0.616. The molecule has 2 nitrogen and oxygen atoms in total. The van der Waals surface area contributed by atoms with Crippen molar-refractivity contribution in [1.29, 1.82) is 0 Å². The van der Waals surface area contributed by atoms with Crippen molar-refractivity contribution in [3.05, 3.63) is 12.7 Å². The zero-order valence-corrected chi connectivity index (χ0v) is 8.86. The molecule has 1 aliphatic rings. The lowest BCUT2D eigenvalue weighted by molar-refractivity contribution is 0.0378. The number of hydrogen-bond donors (Lipinski definition) is 2. The third kappa shape index (κ3) is 3.81. The highest BCUT2D eigenvalue weighted by Crippen LogP contribution is 2.27. The largest absolute Gasteiger partial charge is 0.390 e. The molecule has 0 radical (unpaired) electrons. The summed E-state index contributed by atoms with van der Waals surface area (Å²) in [5, 5.41) is 18.8. The molecule has 2 N–H and O–H groups in total. The van der Waals surface area contributed by atoms with E-state index in [1.54, 1.807) is 0 Å². The lowest BCUT2D eigenvalue weighted by Crippen LogP contribution is -2.24. The molecule has 1 fully saturated rings. The van der Waals surface area contributed by atoms with Crippen LogP contribution < -0.4 is 0 Å². The van der Waals surface area contributed by atoms with Crippen molar-refractivity contribution >= 4 is 0 Å². The molecule has 0 amide bonds. The van der Waals surface area contributed by atoms with Gasteiger partial charge >= 0.3 is 0 Å². The average molecular weight is 198 g/mol. The van der Waals surface area contributed by atoms with Gasteiger partial charge in [-0.25, -0.2) is 0 Å². The third-order valence-corrected chi connectivity index (χ3v) is 3.23. The van der Waals surface area contributed by atoms with Crippen molar-refractivity contribution in [2.45, 2.75) is 57.2 Å². The minimum atomic E-state index is -0.751. The van der Waals surface area contributed by atoms with Crippen LogP contribution in [0.3, 0.4) is 0 Å². The van der Waals surface area contributed by atoms with E-state index in [1.165, 1.54) is 38.2 Å². The summed E-state index contributed by atoms with van der Waals surface area (Å²) in [5.41, 5.74) is 0. The molecule has 2 heteroatoms. The van der Waals surface area contributed by atoms with Gasteiger partial charge in [0, 0.05) is 0 Å². The lowest BCUT2D eigenvalue weighted by atomic mass is 9.85. The third-order valence-electron chi connectivity index (χ3n) is 3.23. The highest BCUT2D eigenvalue weighted by atomic mass is 16.3. The molecule has 0 aliphatic heterocycles. The lowest BCUT2D eigenvalue weighted by Gasteiger charge is -2.23. The summed E-state index contributed by atoms with van der Waals surface area (Å²) in [6.45, 7) is 3.47. The minimum Gasteiger partial charge on any atom is -0.390 e. The van der Waals surface area contributed by atoms with Crippen molar-refractivity contribution in [2.75, 3.05) is 0 Å². The molecule has 0 bridgehead atoms. The molecular formula is C12H22O2. The van der Waals surface area contributed by atoms with Crippen molar-refractivity contribution < 1.29 is 10.2 Å². The van der Waals surface area contributed by atoms with Crippen LogP contribution in [-0.4, -0.2) is 22.4 Å². The summed E-state index contributed by atoms with van der Waals surface area (Å²) in [6.07, 6.45) is 8.45. The van der Waals surface area contributed by atoms with Crippen molar-refractivity contribution in [3.63, 3.8) is 0 Å². The first-order chi connectivity index (χ1) is 6.74. The summed E-state index contributed by atoms with van der Waals surface area (Å²) in [5.74, 6) is 0.774. The van der Waals surface area contributed by atoms with Crippen LogP contribution in [0, 0.1) is 5.92 Å². The molecule has 0 aromatic heterocycles. The number of aliphatic hydroxyl groups excluding tert-OH is 2. The Balaban J connectivity index is 2.15. The van der Waals surface area contributed by atoms with Gasteiger partial charge in [-0.15, -0.1) is 6.58 Å². The molecule has 1 saturated carbocycles. The standard InChI is InChI=1S/C12H22O2/c1-2-11(13)12(14)9-8-10-6-4-3-5-7-10/h2,10-14H,1,3-9H2/t11-,12+/m0/s1. The summed E-state index contributed by atoms with van der Waals surface area (Å²) in [4.78, 5) is 0. The smallest absolute Gasteiger partial charge is 0.0977 e. The first-order valence-corrected chi connectivity index (χ1v) is 5.72. The van der Waals surface area contributed by atoms with Gasteiger partial charge in [0.2, 0.25) is 0 Å². The van der Waals surface area contributed by atoms with E-state index in [9.17, 15) is 10.2 Å². The Labute approximate surface area is 86.6 Å². The van der Waals surface area contributed by atoms with Gasteiger partial charge in [-0.05, 0) is 18.8 Å². The van der Waals surface area contributed by atoms with Gasteiger partial charge in [-0.2, -0.15) is 0 Å². The van der Waals surface area contributed by atoms with Crippen LogP contribution >= 0.6 is 0 Å². The highest BCUT2D eigenvalue weighted by Gasteiger charge is 2.17. The topological polar surface area (TPSA) is 40.5 Å². The number of rotatable bonds is 5. The van der Waals surface area contributed by atoms with Gasteiger partial charge in [0.05, 0.1) is 12.2 Å². The second-order valence-corrected chi connectivity index (χ2v) is 4.38. The predicted octanol–water partition coefficient (Wildman–Crippen LogP) is 2.25. The summed E-state index contributed by atoms with van der Waals surface area (Å²) < 4.78 is 0. The van der Waals surface area contributed by atoms with Gasteiger partial charge in [0.1, 0.15) is 0 Å². The van der Waals surface area contributed by atoms with Gasteiger partial charge < -0.3 is 10.2 Å². The Hall–Kier alpha value is -0.340. The monoisotopic (exact) mass is 198 g/mol. The van der Waals surface area contributed by atoms with Crippen LogP contribution in [0.25, 0.3) is 0 Å². The zero-order valence-electron chi connectivity index (χ0n) is 8.86. The molecule has 0 heterocycles. The maximum atomic E-state index is 9.53. The first-order valence-electron chi connectivity index (χ1n) is 5.72. The Morgan fingerprint density at radius 2 is 1.86 bits per heavy atom. The number of hydrogen-bond acceptors (Lipinski definition) is 2. The van der Waals surface area contributed by atoms with Crippen LogP contribution in [-0.2, 0) is 0 Å². The average Bonchev–Trinajstić information content (AvgIpc) is 2.26. The molecule has 1 aliphatic carbocycles. The fourth-order valence-electron chi connectivity index (χ4n) is 2.21. The van der Waals surface area contributed by atoms with Gasteiger partial charge in [-0.3, -0.25) is 0 Å². The SMILES string of the molecule is C=C[C@H](O)[C@H](O)CCC1CCCCC1. The Kier molecular flexibility index (Phi) is 5.20. The van der Waals surface area contributed by atoms with Crippen LogP contribution in [0.1, 0.15) is 44.9 Å². The quantitative estimate of drug-likeness (QED) is 0.665. The van der Waals surface area contributed by atoms with E-state index in [1.807, 2.05) is 0 Å². The van der Waals surface area contributed by atoms with Crippen molar-refractivity contribution in [2.24, 2.45) is 5.92 Å². The van der Waals surface area contributed by atoms with Gasteiger partial charge in [0.15, 0.2) is 0 Å². The van der Waals surface area contributed by atoms with E-state index in [2.05, 4.69) is 6.58 Å². The molecule has 14 heavy (non-hydrogen) atoms. The van der Waals surface area contributed by atoms with Crippen LogP contribution in [0.5, 0.6) is 0 Å². The van der Waals surface area contributed by atoms with E-state index < -0.39 is 12.2 Å². The molecule has 2 atom stereocenters. The van der Waals surface area contributed by atoms with E-state index >= 15 is 0 Å². The maximum Gasteiger partial charge on any atom is 0.0977 e. The molecule has 82 valence electrons. The van der Waals surface area contributed by atoms with Crippen molar-refractivity contribution in [3.8, 4) is 0 Å². The number of aliphatic hydroxyl groups is 2. The zero-order chi connectivity index (χ0) is 10.4. The Bertz CT molecular complexity index is 162. The molecule has 0 spiro atoms. The highest BCUT2D eigenvalue weighted by molar-refractivity contribution is 4.84. The van der Waals surface area contributed by atoms with Gasteiger partial charge in [-0.1, -0.05) is 38.2 Å². The predicted molar refractivity (Wildman–Crippen MR) is 58.0 cm³/mol. The second kappa shape index (κ2) is 6.20. The van der Waals surface area contributed by atoms with Crippen LogP contribution in [0.4, 0.5) is 0 Å². The Morgan fingerprint density at radius 3 is 2.43 bits per heavy atom. The molecule has 0 unspecified atom stereocenters. The van der Waals surface area contributed by atoms with E-state index in [-0.39, 0.29) is 0 Å². The van der Waals surface area contributed by atoms with Crippen LogP contribution in [0.2, 0.25) is 0 Å². The van der Waals surface area contributed by atoms with E-state index in [0.29, 0.717) is 6.42 Å². The van der Waals surface area contributed by atoms with Crippen molar-refractivity contribution in [1.82, 2.24) is 0 Å². The first kappa shape index (κ1) is 11.7. The molecule has 0 saturated heterocycles. The molecule has 0 aromatic rings. The van der Waals surface area contributed by atoms with E-state index in [0.717, 1.165) is 12.3 Å². The van der Waals surface area contributed by atoms with E-state index in [4.69, 9.17) is 0 Å². The molecule has 1 rings (SSSR count). The maximum absolute atomic E-state index is 9.53. The summed E-state index contributed by atoms with van der Waals surface area (Å²) in [6, 6.07) is 0. The molecule has 0 aromatic carbocycles. The summed E-state index contributed by atoms with van der Waals surface area (Å²) in [7, 11) is 0. The van der Waals surface area contributed by atoms with Crippen LogP contribution in [0.15, 0.2) is 12.7 Å².